The number of benzene rings is 1. The Morgan fingerprint density at radius 2 is 1.81 bits per heavy atom. The second-order valence-corrected chi connectivity index (χ2v) is 5.63. The number of rotatable bonds is 3. The normalized spacial score (nSPS) is 36.1. The molecule has 1 N–H and O–H groups in total. The van der Waals surface area contributed by atoms with Crippen LogP contribution in [0.5, 0.6) is 0 Å². The molecule has 0 aliphatic heterocycles. The van der Waals surface area contributed by atoms with E-state index in [0.29, 0.717) is 0 Å². The van der Waals surface area contributed by atoms with E-state index in [9.17, 15) is 9.50 Å². The second-order valence-electron chi connectivity index (χ2n) is 5.63. The first-order chi connectivity index (χ1) is 7.71. The molecular weight excluding hydrogens is 203 g/mol. The highest BCUT2D eigenvalue weighted by atomic mass is 19.1. The molecule has 0 radical (unpaired) electrons. The molecule has 2 unspecified atom stereocenters. The van der Waals surface area contributed by atoms with Gasteiger partial charge in [-0.3, -0.25) is 0 Å². The number of aliphatic hydroxyl groups is 1. The summed E-state index contributed by atoms with van der Waals surface area (Å²) in [5, 5.41) is 9.60. The van der Waals surface area contributed by atoms with Crippen LogP contribution in [0.25, 0.3) is 0 Å². The molecule has 2 aliphatic carbocycles. The summed E-state index contributed by atoms with van der Waals surface area (Å²) in [5.74, 6) is 1.55. The van der Waals surface area contributed by atoms with Gasteiger partial charge in [-0.2, -0.15) is 0 Å². The molecule has 2 atom stereocenters. The quantitative estimate of drug-likeness (QED) is 0.830. The monoisotopic (exact) mass is 220 g/mol. The first kappa shape index (κ1) is 10.3. The number of hydrogen-bond acceptors (Lipinski definition) is 1. The summed E-state index contributed by atoms with van der Waals surface area (Å²) < 4.78 is 12.8. The molecule has 3 rings (SSSR count). The number of fused-ring (bicyclic) bond motifs is 1. The molecule has 2 aliphatic rings. The van der Waals surface area contributed by atoms with Gasteiger partial charge >= 0.3 is 0 Å². The predicted molar refractivity (Wildman–Crippen MR) is 60.5 cm³/mol. The average Bonchev–Trinajstić information content (AvgIpc) is 2.91. The van der Waals surface area contributed by atoms with Crippen LogP contribution in [0.1, 0.15) is 24.8 Å². The first-order valence-corrected chi connectivity index (χ1v) is 6.06. The molecule has 2 fully saturated rings. The van der Waals surface area contributed by atoms with E-state index in [2.05, 4.69) is 0 Å². The molecule has 0 saturated heterocycles. The van der Waals surface area contributed by atoms with Gasteiger partial charge in [-0.05, 0) is 60.6 Å². The van der Waals surface area contributed by atoms with Gasteiger partial charge in [0.25, 0.3) is 0 Å². The van der Waals surface area contributed by atoms with Gasteiger partial charge in [-0.1, -0.05) is 12.1 Å². The molecule has 0 amide bonds. The van der Waals surface area contributed by atoms with Gasteiger partial charge in [0.1, 0.15) is 5.82 Å². The highest BCUT2D eigenvalue weighted by Gasteiger charge is 2.53. The summed E-state index contributed by atoms with van der Waals surface area (Å²) in [5.41, 5.74) is 1.24. The molecule has 0 aromatic heterocycles. The highest BCUT2D eigenvalue weighted by Crippen LogP contribution is 2.60. The lowest BCUT2D eigenvalue weighted by molar-refractivity contribution is 0.117. The van der Waals surface area contributed by atoms with Crippen LogP contribution < -0.4 is 0 Å². The van der Waals surface area contributed by atoms with Crippen LogP contribution in [-0.4, -0.2) is 11.7 Å². The van der Waals surface area contributed by atoms with Crippen molar-refractivity contribution in [3.8, 4) is 0 Å². The van der Waals surface area contributed by atoms with Crippen LogP contribution in [0.15, 0.2) is 24.3 Å². The van der Waals surface area contributed by atoms with E-state index in [1.165, 1.54) is 18.6 Å². The fourth-order valence-corrected chi connectivity index (χ4v) is 3.37. The summed E-state index contributed by atoms with van der Waals surface area (Å²) in [4.78, 5) is 0. The third kappa shape index (κ3) is 1.75. The largest absolute Gasteiger partial charge is 0.396 e. The summed E-state index contributed by atoms with van der Waals surface area (Å²) in [7, 11) is 0. The van der Waals surface area contributed by atoms with Gasteiger partial charge in [-0.25, -0.2) is 4.39 Å². The van der Waals surface area contributed by atoms with Crippen LogP contribution in [-0.2, 0) is 6.42 Å². The van der Waals surface area contributed by atoms with Crippen LogP contribution in [0, 0.1) is 23.1 Å². The molecule has 2 heteroatoms. The molecule has 0 heterocycles. The molecule has 2 saturated carbocycles. The zero-order valence-electron chi connectivity index (χ0n) is 9.32. The Kier molecular flexibility index (Phi) is 2.28. The lowest BCUT2D eigenvalue weighted by Gasteiger charge is -2.28. The van der Waals surface area contributed by atoms with Gasteiger partial charge in [0, 0.05) is 6.61 Å². The Morgan fingerprint density at radius 1 is 1.19 bits per heavy atom. The van der Waals surface area contributed by atoms with Crippen molar-refractivity contribution in [3.05, 3.63) is 35.6 Å². The standard InChI is InChI=1S/C14H17FO/c15-13-3-1-10(2-4-13)6-14(9-16)7-11-5-12(11)8-14/h1-4,11-12,16H,5-9H2. The summed E-state index contributed by atoms with van der Waals surface area (Å²) in [6, 6.07) is 6.71. The lowest BCUT2D eigenvalue weighted by atomic mass is 9.78. The lowest BCUT2D eigenvalue weighted by Crippen LogP contribution is -2.26. The third-order valence-electron chi connectivity index (χ3n) is 4.29. The van der Waals surface area contributed by atoms with Gasteiger partial charge < -0.3 is 5.11 Å². The zero-order valence-corrected chi connectivity index (χ0v) is 9.32. The molecule has 16 heavy (non-hydrogen) atoms. The minimum Gasteiger partial charge on any atom is -0.396 e. The van der Waals surface area contributed by atoms with E-state index in [0.717, 1.165) is 36.7 Å². The Morgan fingerprint density at radius 3 is 2.38 bits per heavy atom. The highest BCUT2D eigenvalue weighted by molar-refractivity contribution is 5.19. The molecule has 0 bridgehead atoms. The number of aliphatic hydroxyl groups excluding tert-OH is 1. The second kappa shape index (κ2) is 3.56. The Hall–Kier alpha value is -0.890. The maximum absolute atomic E-state index is 12.8. The third-order valence-corrected chi connectivity index (χ3v) is 4.29. The van der Waals surface area contributed by atoms with Crippen molar-refractivity contribution in [1.29, 1.82) is 0 Å². The summed E-state index contributed by atoms with van der Waals surface area (Å²) in [6.07, 6.45) is 4.58. The van der Waals surface area contributed by atoms with Crippen LogP contribution in [0.4, 0.5) is 4.39 Å². The molecular formula is C14H17FO. The molecule has 86 valence electrons. The van der Waals surface area contributed by atoms with E-state index in [-0.39, 0.29) is 17.8 Å². The fourth-order valence-electron chi connectivity index (χ4n) is 3.37. The van der Waals surface area contributed by atoms with Crippen LogP contribution in [0.3, 0.4) is 0 Å². The zero-order chi connectivity index (χ0) is 11.2. The van der Waals surface area contributed by atoms with Crippen molar-refractivity contribution < 1.29 is 9.50 Å². The fraction of sp³-hybridized carbons (Fsp3) is 0.571. The van der Waals surface area contributed by atoms with Crippen LogP contribution >= 0.6 is 0 Å². The van der Waals surface area contributed by atoms with Crippen molar-refractivity contribution in [2.45, 2.75) is 25.7 Å². The average molecular weight is 220 g/mol. The Balaban J connectivity index is 1.75. The molecule has 0 spiro atoms. The van der Waals surface area contributed by atoms with Gasteiger partial charge in [0.05, 0.1) is 0 Å². The van der Waals surface area contributed by atoms with E-state index in [4.69, 9.17) is 0 Å². The van der Waals surface area contributed by atoms with Gasteiger partial charge in [0.2, 0.25) is 0 Å². The maximum atomic E-state index is 12.8. The van der Waals surface area contributed by atoms with Crippen molar-refractivity contribution in [2.24, 2.45) is 17.3 Å². The SMILES string of the molecule is OCC1(Cc2ccc(F)cc2)CC2CC2C1. The summed E-state index contributed by atoms with van der Waals surface area (Å²) in [6.45, 7) is 0.275. The number of hydrogen-bond donors (Lipinski definition) is 1. The Bertz CT molecular complexity index is 374. The van der Waals surface area contributed by atoms with Gasteiger partial charge in [-0.15, -0.1) is 0 Å². The topological polar surface area (TPSA) is 20.2 Å². The predicted octanol–water partition coefficient (Wildman–Crippen LogP) is 2.78. The van der Waals surface area contributed by atoms with Crippen molar-refractivity contribution in [1.82, 2.24) is 0 Å². The summed E-state index contributed by atoms with van der Waals surface area (Å²) >= 11 is 0. The van der Waals surface area contributed by atoms with E-state index in [1.807, 2.05) is 12.1 Å². The molecule has 1 aromatic carbocycles. The van der Waals surface area contributed by atoms with Crippen molar-refractivity contribution >= 4 is 0 Å². The Labute approximate surface area is 95.3 Å². The molecule has 1 nitrogen and oxygen atoms in total. The van der Waals surface area contributed by atoms with E-state index in [1.54, 1.807) is 0 Å². The van der Waals surface area contributed by atoms with E-state index >= 15 is 0 Å². The van der Waals surface area contributed by atoms with Crippen molar-refractivity contribution in [2.75, 3.05) is 6.61 Å². The van der Waals surface area contributed by atoms with Gasteiger partial charge in [0.15, 0.2) is 0 Å². The van der Waals surface area contributed by atoms with Crippen molar-refractivity contribution in [3.63, 3.8) is 0 Å². The maximum Gasteiger partial charge on any atom is 0.123 e. The van der Waals surface area contributed by atoms with E-state index < -0.39 is 0 Å². The first-order valence-electron chi connectivity index (χ1n) is 6.06. The number of halogens is 1. The minimum atomic E-state index is -0.184. The minimum absolute atomic E-state index is 0.0887. The molecule has 1 aromatic rings. The van der Waals surface area contributed by atoms with Crippen LogP contribution in [0.2, 0.25) is 0 Å². The smallest absolute Gasteiger partial charge is 0.123 e.